The van der Waals surface area contributed by atoms with Crippen molar-refractivity contribution in [2.24, 2.45) is 0 Å². The molecule has 2 rings (SSSR count). The number of Topliss-reactive ketones (excluding diaryl/α,β-unsaturated/α-hetero) is 1. The zero-order valence-electron chi connectivity index (χ0n) is 14.9. The first-order valence-corrected chi connectivity index (χ1v) is 8.57. The number of hydrogen-bond donors (Lipinski definition) is 0. The lowest BCUT2D eigenvalue weighted by Crippen LogP contribution is -2.33. The topological polar surface area (TPSA) is 63.7 Å². The van der Waals surface area contributed by atoms with Crippen LogP contribution in [0.5, 0.6) is 0 Å². The van der Waals surface area contributed by atoms with Gasteiger partial charge in [0.15, 0.2) is 5.78 Å². The molecule has 2 aromatic carbocycles. The number of carbonyl (C=O) groups excluding carboxylic acids is 3. The van der Waals surface area contributed by atoms with Crippen molar-refractivity contribution in [3.63, 3.8) is 0 Å². The predicted octanol–water partition coefficient (Wildman–Crippen LogP) is 3.24. The molecule has 0 saturated heterocycles. The predicted molar refractivity (Wildman–Crippen MR) is 98.5 cm³/mol. The first kappa shape index (κ1) is 19.4. The molecule has 0 aliphatic heterocycles. The Morgan fingerprint density at radius 2 is 1.46 bits per heavy atom. The molecule has 0 atom stereocenters. The van der Waals surface area contributed by atoms with Crippen molar-refractivity contribution in [3.8, 4) is 0 Å². The summed E-state index contributed by atoms with van der Waals surface area (Å²) in [6.07, 6.45) is 0.385. The molecule has 136 valence electrons. The van der Waals surface area contributed by atoms with E-state index >= 15 is 0 Å². The van der Waals surface area contributed by atoms with Crippen LogP contribution < -0.4 is 0 Å². The van der Waals surface area contributed by atoms with E-state index in [-0.39, 0.29) is 43.5 Å². The fourth-order valence-electron chi connectivity index (χ4n) is 2.57. The van der Waals surface area contributed by atoms with Crippen LogP contribution in [0, 0.1) is 0 Å². The van der Waals surface area contributed by atoms with E-state index in [1.54, 1.807) is 29.2 Å². The van der Waals surface area contributed by atoms with Crippen molar-refractivity contribution in [1.29, 1.82) is 0 Å². The molecule has 5 heteroatoms. The second-order valence-electron chi connectivity index (χ2n) is 5.92. The molecular weight excluding hydrogens is 330 g/mol. The molecule has 5 nitrogen and oxygen atoms in total. The van der Waals surface area contributed by atoms with Gasteiger partial charge in [-0.1, -0.05) is 60.7 Å². The van der Waals surface area contributed by atoms with Gasteiger partial charge in [0.25, 0.3) is 0 Å². The molecule has 0 saturated carbocycles. The van der Waals surface area contributed by atoms with Crippen LogP contribution >= 0.6 is 0 Å². The number of benzene rings is 2. The van der Waals surface area contributed by atoms with E-state index < -0.39 is 0 Å². The molecule has 0 aliphatic rings. The smallest absolute Gasteiger partial charge is 0.307 e. The molecule has 0 bridgehead atoms. The Bertz CT molecular complexity index is 728. The standard InChI is InChI=1S/C21H23NO4/c1-26-21(25)14-15-22(16-17-8-4-2-5-9-17)20(24)13-12-19(23)18-10-6-3-7-11-18/h2-11H,12-16H2,1H3. The highest BCUT2D eigenvalue weighted by atomic mass is 16.5. The lowest BCUT2D eigenvalue weighted by Gasteiger charge is -2.22. The van der Waals surface area contributed by atoms with E-state index in [1.807, 2.05) is 36.4 Å². The largest absolute Gasteiger partial charge is 0.469 e. The molecule has 1 amide bonds. The summed E-state index contributed by atoms with van der Waals surface area (Å²) in [6, 6.07) is 18.5. The third kappa shape index (κ3) is 6.16. The van der Waals surface area contributed by atoms with Crippen molar-refractivity contribution >= 4 is 17.7 Å². The minimum atomic E-state index is -0.365. The van der Waals surface area contributed by atoms with Gasteiger partial charge in [-0.15, -0.1) is 0 Å². The first-order valence-electron chi connectivity index (χ1n) is 8.57. The molecule has 0 unspecified atom stereocenters. The highest BCUT2D eigenvalue weighted by Gasteiger charge is 2.17. The summed E-state index contributed by atoms with van der Waals surface area (Å²) < 4.78 is 4.66. The zero-order valence-corrected chi connectivity index (χ0v) is 14.9. The van der Waals surface area contributed by atoms with E-state index in [0.29, 0.717) is 12.1 Å². The number of rotatable bonds is 9. The summed E-state index contributed by atoms with van der Waals surface area (Å²) in [5.41, 5.74) is 1.57. The molecule has 0 radical (unpaired) electrons. The van der Waals surface area contributed by atoms with Crippen LogP contribution in [-0.4, -0.2) is 36.2 Å². The Morgan fingerprint density at radius 3 is 2.08 bits per heavy atom. The van der Waals surface area contributed by atoms with Gasteiger partial charge >= 0.3 is 5.97 Å². The summed E-state index contributed by atoms with van der Waals surface area (Å²) in [5, 5.41) is 0. The van der Waals surface area contributed by atoms with Crippen molar-refractivity contribution in [2.75, 3.05) is 13.7 Å². The summed E-state index contributed by atoms with van der Waals surface area (Å²) in [7, 11) is 1.32. The SMILES string of the molecule is COC(=O)CCN(Cc1ccccc1)C(=O)CCC(=O)c1ccccc1. The van der Waals surface area contributed by atoms with E-state index in [0.717, 1.165) is 5.56 Å². The van der Waals surface area contributed by atoms with E-state index in [9.17, 15) is 14.4 Å². The monoisotopic (exact) mass is 353 g/mol. The number of ketones is 1. The molecule has 0 N–H and O–H groups in total. The first-order chi connectivity index (χ1) is 12.6. The maximum atomic E-state index is 12.6. The van der Waals surface area contributed by atoms with E-state index in [1.165, 1.54) is 7.11 Å². The number of nitrogens with zero attached hydrogens (tertiary/aromatic N) is 1. The third-order valence-corrected chi connectivity index (χ3v) is 4.04. The van der Waals surface area contributed by atoms with Gasteiger partial charge in [0.2, 0.25) is 5.91 Å². The maximum absolute atomic E-state index is 12.6. The second-order valence-corrected chi connectivity index (χ2v) is 5.92. The summed E-state index contributed by atoms with van der Waals surface area (Å²) >= 11 is 0. The van der Waals surface area contributed by atoms with Crippen LogP contribution in [-0.2, 0) is 20.9 Å². The fraction of sp³-hybridized carbons (Fsp3) is 0.286. The Morgan fingerprint density at radius 1 is 0.846 bits per heavy atom. The van der Waals surface area contributed by atoms with E-state index in [4.69, 9.17) is 0 Å². The lowest BCUT2D eigenvalue weighted by molar-refractivity contribution is -0.142. The fourth-order valence-corrected chi connectivity index (χ4v) is 2.57. The second kappa shape index (κ2) is 10.1. The van der Waals surface area contributed by atoms with Crippen molar-refractivity contribution in [2.45, 2.75) is 25.8 Å². The van der Waals surface area contributed by atoms with Gasteiger partial charge in [0.05, 0.1) is 13.5 Å². The molecule has 0 fully saturated rings. The molecule has 0 aliphatic carbocycles. The van der Waals surface area contributed by atoms with Gasteiger partial charge in [-0.05, 0) is 5.56 Å². The number of methoxy groups -OCH3 is 1. The minimum Gasteiger partial charge on any atom is -0.469 e. The van der Waals surface area contributed by atoms with Gasteiger partial charge < -0.3 is 9.64 Å². The number of carbonyl (C=O) groups is 3. The minimum absolute atomic E-state index is 0.0634. The van der Waals surface area contributed by atoms with Crippen molar-refractivity contribution in [1.82, 2.24) is 4.90 Å². The van der Waals surface area contributed by atoms with Crippen LogP contribution in [0.1, 0.15) is 35.2 Å². The zero-order chi connectivity index (χ0) is 18.8. The van der Waals surface area contributed by atoms with Crippen LogP contribution in [0.3, 0.4) is 0 Å². The quantitative estimate of drug-likeness (QED) is 0.513. The number of amides is 1. The normalized spacial score (nSPS) is 10.2. The van der Waals surface area contributed by atoms with E-state index in [2.05, 4.69) is 4.74 Å². The molecule has 0 heterocycles. The highest BCUT2D eigenvalue weighted by Crippen LogP contribution is 2.11. The molecule has 0 spiro atoms. The van der Waals surface area contributed by atoms with Gasteiger partial charge in [-0.2, -0.15) is 0 Å². The van der Waals surface area contributed by atoms with Crippen LogP contribution in [0.2, 0.25) is 0 Å². The molecule has 0 aromatic heterocycles. The molecular formula is C21H23NO4. The average molecular weight is 353 g/mol. The molecule has 2 aromatic rings. The highest BCUT2D eigenvalue weighted by molar-refractivity contribution is 5.97. The summed E-state index contributed by atoms with van der Waals surface area (Å²) in [4.78, 5) is 37.8. The number of esters is 1. The van der Waals surface area contributed by atoms with Gasteiger partial charge in [-0.3, -0.25) is 14.4 Å². The van der Waals surface area contributed by atoms with Crippen LogP contribution in [0.4, 0.5) is 0 Å². The summed E-state index contributed by atoms with van der Waals surface area (Å²) in [6.45, 7) is 0.663. The Hall–Kier alpha value is -2.95. The Kier molecular flexibility index (Phi) is 7.55. The van der Waals surface area contributed by atoms with Crippen LogP contribution in [0.15, 0.2) is 60.7 Å². The van der Waals surface area contributed by atoms with Gasteiger partial charge in [-0.25, -0.2) is 0 Å². The number of ether oxygens (including phenoxy) is 1. The Labute approximate surface area is 153 Å². The van der Waals surface area contributed by atoms with Gasteiger partial charge in [0.1, 0.15) is 0 Å². The molecule has 26 heavy (non-hydrogen) atoms. The van der Waals surface area contributed by atoms with Gasteiger partial charge in [0, 0.05) is 31.5 Å². The summed E-state index contributed by atoms with van der Waals surface area (Å²) in [5.74, 6) is -0.579. The Balaban J connectivity index is 1.97. The lowest BCUT2D eigenvalue weighted by atomic mass is 10.1. The number of hydrogen-bond acceptors (Lipinski definition) is 4. The third-order valence-electron chi connectivity index (χ3n) is 4.04. The van der Waals surface area contributed by atoms with Crippen LogP contribution in [0.25, 0.3) is 0 Å². The average Bonchev–Trinajstić information content (AvgIpc) is 2.70. The maximum Gasteiger partial charge on any atom is 0.307 e. The van der Waals surface area contributed by atoms with Crippen molar-refractivity contribution < 1.29 is 19.1 Å². The van der Waals surface area contributed by atoms with Crippen molar-refractivity contribution in [3.05, 3.63) is 71.8 Å².